The molecule has 0 amide bonds. The Morgan fingerprint density at radius 3 is 2.94 bits per heavy atom. The number of hydrogen-bond donors (Lipinski definition) is 1. The summed E-state index contributed by atoms with van der Waals surface area (Å²) in [5.74, 6) is 0. The van der Waals surface area contributed by atoms with Crippen LogP contribution in [0.4, 0.5) is 0 Å². The van der Waals surface area contributed by atoms with Crippen molar-refractivity contribution in [3.63, 3.8) is 0 Å². The van der Waals surface area contributed by atoms with Crippen molar-refractivity contribution in [2.75, 3.05) is 0 Å². The van der Waals surface area contributed by atoms with E-state index in [2.05, 4.69) is 21.8 Å². The van der Waals surface area contributed by atoms with Crippen LogP contribution < -0.4 is 5.32 Å². The van der Waals surface area contributed by atoms with Crippen LogP contribution in [0.2, 0.25) is 5.02 Å². The van der Waals surface area contributed by atoms with Gasteiger partial charge in [-0.3, -0.25) is 0 Å². The molecule has 0 spiro atoms. The van der Waals surface area contributed by atoms with E-state index in [9.17, 15) is 0 Å². The molecule has 5 heteroatoms. The molecular formula is C11H12ClN3S. The van der Waals surface area contributed by atoms with Gasteiger partial charge in [-0.15, -0.1) is 5.10 Å². The minimum absolute atomic E-state index is 0.204. The Labute approximate surface area is 104 Å². The molecule has 0 saturated carbocycles. The Morgan fingerprint density at radius 2 is 2.25 bits per heavy atom. The fourth-order valence-corrected chi connectivity index (χ4v) is 2.21. The summed E-state index contributed by atoms with van der Waals surface area (Å²) >= 11 is 7.48. The van der Waals surface area contributed by atoms with E-state index >= 15 is 0 Å². The van der Waals surface area contributed by atoms with E-state index in [1.807, 2.05) is 29.6 Å². The molecule has 2 rings (SSSR count). The van der Waals surface area contributed by atoms with Crippen LogP contribution in [0.25, 0.3) is 0 Å². The number of hydrogen-bond acceptors (Lipinski definition) is 4. The van der Waals surface area contributed by atoms with Gasteiger partial charge in [-0.1, -0.05) is 34.3 Å². The van der Waals surface area contributed by atoms with Crippen LogP contribution in [0.3, 0.4) is 0 Å². The van der Waals surface area contributed by atoms with Crippen molar-refractivity contribution >= 4 is 23.1 Å². The molecule has 1 heterocycles. The number of nitrogens with one attached hydrogen (secondary N) is 1. The molecule has 0 radical (unpaired) electrons. The summed E-state index contributed by atoms with van der Waals surface area (Å²) in [4.78, 5) is 0. The molecule has 0 aliphatic carbocycles. The summed E-state index contributed by atoms with van der Waals surface area (Å²) < 4.78 is 3.82. The van der Waals surface area contributed by atoms with Crippen molar-refractivity contribution < 1.29 is 0 Å². The molecule has 3 nitrogen and oxygen atoms in total. The van der Waals surface area contributed by atoms with Crippen LogP contribution in [0, 0.1) is 0 Å². The van der Waals surface area contributed by atoms with Crippen LogP contribution >= 0.6 is 23.1 Å². The van der Waals surface area contributed by atoms with E-state index in [0.29, 0.717) is 6.54 Å². The second-order valence-electron chi connectivity index (χ2n) is 3.52. The van der Waals surface area contributed by atoms with Crippen molar-refractivity contribution in [3.05, 3.63) is 45.9 Å². The second-order valence-corrected chi connectivity index (χ2v) is 4.54. The highest BCUT2D eigenvalue weighted by Crippen LogP contribution is 2.22. The quantitative estimate of drug-likeness (QED) is 0.910. The van der Waals surface area contributed by atoms with E-state index in [4.69, 9.17) is 11.6 Å². The fraction of sp³-hybridized carbons (Fsp3) is 0.273. The second kappa shape index (κ2) is 5.39. The topological polar surface area (TPSA) is 37.8 Å². The molecule has 84 valence electrons. The van der Waals surface area contributed by atoms with E-state index in [-0.39, 0.29) is 6.04 Å². The van der Waals surface area contributed by atoms with Crippen molar-refractivity contribution in [1.29, 1.82) is 0 Å². The highest BCUT2D eigenvalue weighted by Gasteiger charge is 2.08. The highest BCUT2D eigenvalue weighted by atomic mass is 35.5. The van der Waals surface area contributed by atoms with Crippen molar-refractivity contribution in [2.45, 2.75) is 19.5 Å². The Hall–Kier alpha value is -0.970. The lowest BCUT2D eigenvalue weighted by atomic mass is 10.1. The number of halogens is 1. The number of nitrogens with zero attached hydrogens (tertiary/aromatic N) is 2. The molecule has 0 bridgehead atoms. The largest absolute Gasteiger partial charge is 0.304 e. The lowest BCUT2D eigenvalue weighted by molar-refractivity contribution is 0.567. The zero-order valence-electron chi connectivity index (χ0n) is 8.85. The predicted octanol–water partition coefficient (Wildman–Crippen LogP) is 3.04. The Balaban J connectivity index is 1.98. The van der Waals surface area contributed by atoms with Gasteiger partial charge in [-0.25, -0.2) is 0 Å². The van der Waals surface area contributed by atoms with Gasteiger partial charge in [0.05, 0.1) is 5.69 Å². The third-order valence-corrected chi connectivity index (χ3v) is 3.26. The molecular weight excluding hydrogens is 242 g/mol. The Bertz CT molecular complexity index is 444. The van der Waals surface area contributed by atoms with E-state index in [0.717, 1.165) is 16.3 Å². The van der Waals surface area contributed by atoms with Crippen LogP contribution in [0.5, 0.6) is 0 Å². The van der Waals surface area contributed by atoms with Gasteiger partial charge >= 0.3 is 0 Å². The number of aromatic nitrogens is 2. The van der Waals surface area contributed by atoms with Gasteiger partial charge < -0.3 is 5.32 Å². The van der Waals surface area contributed by atoms with Crippen molar-refractivity contribution in [3.8, 4) is 0 Å². The van der Waals surface area contributed by atoms with Crippen molar-refractivity contribution in [1.82, 2.24) is 14.9 Å². The van der Waals surface area contributed by atoms with Gasteiger partial charge in [0.1, 0.15) is 0 Å². The Kier molecular flexibility index (Phi) is 3.88. The maximum atomic E-state index is 6.11. The molecule has 0 fully saturated rings. The molecule has 1 aromatic carbocycles. The lowest BCUT2D eigenvalue weighted by Crippen LogP contribution is -2.18. The number of rotatable bonds is 4. The van der Waals surface area contributed by atoms with Crippen molar-refractivity contribution in [2.24, 2.45) is 0 Å². The smallest absolute Gasteiger partial charge is 0.0893 e. The van der Waals surface area contributed by atoms with Gasteiger partial charge in [0.2, 0.25) is 0 Å². The van der Waals surface area contributed by atoms with Crippen LogP contribution in [0.1, 0.15) is 24.2 Å². The minimum atomic E-state index is 0.204. The SMILES string of the molecule is C[C@@H](NCc1csnn1)c1ccccc1Cl. The summed E-state index contributed by atoms with van der Waals surface area (Å²) in [7, 11) is 0. The summed E-state index contributed by atoms with van der Waals surface area (Å²) in [5, 5.41) is 10.1. The lowest BCUT2D eigenvalue weighted by Gasteiger charge is -2.14. The Morgan fingerprint density at radius 1 is 1.44 bits per heavy atom. The third-order valence-electron chi connectivity index (χ3n) is 2.37. The molecule has 0 aliphatic heterocycles. The minimum Gasteiger partial charge on any atom is -0.304 e. The van der Waals surface area contributed by atoms with Gasteiger partial charge in [0.15, 0.2) is 0 Å². The normalized spacial score (nSPS) is 12.6. The summed E-state index contributed by atoms with van der Waals surface area (Å²) in [6.07, 6.45) is 0. The fourth-order valence-electron chi connectivity index (χ4n) is 1.45. The molecule has 2 aromatic rings. The molecule has 0 aliphatic rings. The van der Waals surface area contributed by atoms with Crippen LogP contribution in [-0.4, -0.2) is 9.59 Å². The zero-order chi connectivity index (χ0) is 11.4. The van der Waals surface area contributed by atoms with Crippen LogP contribution in [-0.2, 0) is 6.54 Å². The van der Waals surface area contributed by atoms with Gasteiger partial charge in [0.25, 0.3) is 0 Å². The molecule has 1 N–H and O–H groups in total. The average Bonchev–Trinajstić information content (AvgIpc) is 2.79. The molecule has 1 atom stereocenters. The molecule has 16 heavy (non-hydrogen) atoms. The monoisotopic (exact) mass is 253 g/mol. The third kappa shape index (κ3) is 2.78. The zero-order valence-corrected chi connectivity index (χ0v) is 10.4. The van der Waals surface area contributed by atoms with Crippen LogP contribution in [0.15, 0.2) is 29.6 Å². The standard InChI is InChI=1S/C11H12ClN3S/c1-8(10-4-2-3-5-11(10)12)13-6-9-7-16-15-14-9/h2-5,7-8,13H,6H2,1H3/t8-/m1/s1. The first-order valence-corrected chi connectivity index (χ1v) is 6.22. The summed E-state index contributed by atoms with van der Waals surface area (Å²) in [6.45, 7) is 2.80. The summed E-state index contributed by atoms with van der Waals surface area (Å²) in [5.41, 5.74) is 2.07. The number of benzene rings is 1. The first-order chi connectivity index (χ1) is 7.77. The van der Waals surface area contributed by atoms with E-state index < -0.39 is 0 Å². The van der Waals surface area contributed by atoms with Gasteiger partial charge in [-0.05, 0) is 30.1 Å². The maximum absolute atomic E-state index is 6.11. The van der Waals surface area contributed by atoms with E-state index in [1.54, 1.807) is 0 Å². The van der Waals surface area contributed by atoms with E-state index in [1.165, 1.54) is 11.5 Å². The van der Waals surface area contributed by atoms with Gasteiger partial charge in [0, 0.05) is 23.0 Å². The molecule has 0 unspecified atom stereocenters. The highest BCUT2D eigenvalue weighted by molar-refractivity contribution is 7.03. The summed E-state index contributed by atoms with van der Waals surface area (Å²) in [6, 6.07) is 8.06. The average molecular weight is 254 g/mol. The molecule has 0 saturated heterocycles. The molecule has 1 aromatic heterocycles. The maximum Gasteiger partial charge on any atom is 0.0893 e. The van der Waals surface area contributed by atoms with Gasteiger partial charge in [-0.2, -0.15) is 0 Å². The first kappa shape index (κ1) is 11.5. The predicted molar refractivity (Wildman–Crippen MR) is 66.6 cm³/mol. The first-order valence-electron chi connectivity index (χ1n) is 5.01.